The minimum atomic E-state index is -3.95. The van der Waals surface area contributed by atoms with Gasteiger partial charge in [0.15, 0.2) is 5.69 Å². The summed E-state index contributed by atoms with van der Waals surface area (Å²) in [4.78, 5) is 35.3. The number of hydrogen-bond donors (Lipinski definition) is 2. The molecule has 9 nitrogen and oxygen atoms in total. The summed E-state index contributed by atoms with van der Waals surface area (Å²) in [6, 6.07) is 7.11. The van der Waals surface area contributed by atoms with E-state index in [9.17, 15) is 18.0 Å². The summed E-state index contributed by atoms with van der Waals surface area (Å²) in [5.74, 6) is -1.30. The lowest BCUT2D eigenvalue weighted by molar-refractivity contribution is 0.0944. The molecule has 0 radical (unpaired) electrons. The number of nitrogens with zero attached hydrogens (tertiary/aromatic N) is 2. The fourth-order valence-electron chi connectivity index (χ4n) is 4.21. The molecule has 0 fully saturated rings. The molecule has 1 aromatic carbocycles. The Kier molecular flexibility index (Phi) is 9.14. The molecule has 1 aliphatic carbocycles. The average Bonchev–Trinajstić information content (AvgIpc) is 3.46. The topological polar surface area (TPSA) is 127 Å². The molecule has 202 valence electrons. The molecule has 0 unspecified atom stereocenters. The van der Waals surface area contributed by atoms with E-state index in [0.717, 1.165) is 41.5 Å². The minimum absolute atomic E-state index is 0.0941. The van der Waals surface area contributed by atoms with Crippen LogP contribution in [0.1, 0.15) is 62.2 Å². The molecule has 0 bridgehead atoms. The minimum Gasteiger partial charge on any atom is -0.382 e. The highest BCUT2D eigenvalue weighted by Crippen LogP contribution is 2.39. The molecule has 2 N–H and O–H groups in total. The van der Waals surface area contributed by atoms with Crippen molar-refractivity contribution in [2.24, 2.45) is 0 Å². The maximum atomic E-state index is 13.2. The Morgan fingerprint density at radius 2 is 1.97 bits per heavy atom. The van der Waals surface area contributed by atoms with Crippen LogP contribution in [0, 0.1) is 6.92 Å². The van der Waals surface area contributed by atoms with E-state index in [-0.39, 0.29) is 22.4 Å². The number of aromatic nitrogens is 2. The normalized spacial score (nSPS) is 12.8. The predicted octanol–water partition coefficient (Wildman–Crippen LogP) is 4.37. The number of ether oxygens (including phenoxy) is 1. The fraction of sp³-hybridized carbons (Fsp3) is 0.385. The zero-order chi connectivity index (χ0) is 27.3. The first kappa shape index (κ1) is 28.2. The third-order valence-electron chi connectivity index (χ3n) is 6.15. The summed E-state index contributed by atoms with van der Waals surface area (Å²) in [5.41, 5.74) is 2.52. The molecule has 12 heteroatoms. The van der Waals surface area contributed by atoms with Crippen molar-refractivity contribution in [3.8, 4) is 0 Å². The number of thiophene rings is 1. The second-order valence-electron chi connectivity index (χ2n) is 8.86. The SMILES string of the molecule is CCOCCCNC(=O)c1c(NC(=O)c2nc(S(=O)(=O)Cc3ccccc3C)ncc2Cl)sc2c1CCC2. The molecule has 2 heterocycles. The Morgan fingerprint density at radius 1 is 1.18 bits per heavy atom. The van der Waals surface area contributed by atoms with E-state index in [4.69, 9.17) is 16.3 Å². The predicted molar refractivity (Wildman–Crippen MR) is 147 cm³/mol. The summed E-state index contributed by atoms with van der Waals surface area (Å²) in [7, 11) is -3.95. The first-order valence-corrected chi connectivity index (χ1v) is 15.2. The Morgan fingerprint density at radius 3 is 2.74 bits per heavy atom. The molecule has 4 rings (SSSR count). The van der Waals surface area contributed by atoms with Gasteiger partial charge in [-0.2, -0.15) is 0 Å². The summed E-state index contributed by atoms with van der Waals surface area (Å²) in [5, 5.41) is 5.46. The van der Waals surface area contributed by atoms with E-state index < -0.39 is 20.9 Å². The fourth-order valence-corrected chi connectivity index (χ4v) is 6.97. The van der Waals surface area contributed by atoms with Gasteiger partial charge in [-0.25, -0.2) is 18.4 Å². The Bertz CT molecular complexity index is 1460. The van der Waals surface area contributed by atoms with Crippen LogP contribution in [0.4, 0.5) is 5.00 Å². The molecule has 38 heavy (non-hydrogen) atoms. The van der Waals surface area contributed by atoms with E-state index in [1.165, 1.54) is 11.3 Å². The number of aryl methyl sites for hydroxylation is 2. The average molecular weight is 577 g/mol. The quantitative estimate of drug-likeness (QED) is 0.256. The second kappa shape index (κ2) is 12.3. The van der Waals surface area contributed by atoms with Gasteiger partial charge in [0, 0.05) is 24.6 Å². The number of hydrogen-bond acceptors (Lipinski definition) is 8. The van der Waals surface area contributed by atoms with Crippen LogP contribution in [0.3, 0.4) is 0 Å². The van der Waals surface area contributed by atoms with E-state index in [1.807, 2.05) is 26.0 Å². The maximum Gasteiger partial charge on any atom is 0.276 e. The number of carbonyl (C=O) groups excluding carboxylic acids is 2. The highest BCUT2D eigenvalue weighted by atomic mass is 35.5. The summed E-state index contributed by atoms with van der Waals surface area (Å²) < 4.78 is 31.4. The molecule has 0 spiro atoms. The highest BCUT2D eigenvalue weighted by Gasteiger charge is 2.29. The van der Waals surface area contributed by atoms with E-state index in [0.29, 0.717) is 42.3 Å². The molecule has 2 aromatic heterocycles. The van der Waals surface area contributed by atoms with Gasteiger partial charge in [0.2, 0.25) is 15.0 Å². The zero-order valence-corrected chi connectivity index (χ0v) is 23.6. The number of carbonyl (C=O) groups is 2. The van der Waals surface area contributed by atoms with Crippen molar-refractivity contribution in [2.45, 2.75) is 50.4 Å². The van der Waals surface area contributed by atoms with Crippen LogP contribution in [0.15, 0.2) is 35.6 Å². The van der Waals surface area contributed by atoms with Gasteiger partial charge < -0.3 is 15.4 Å². The molecule has 1 aliphatic rings. The van der Waals surface area contributed by atoms with Gasteiger partial charge in [0.25, 0.3) is 11.8 Å². The van der Waals surface area contributed by atoms with Gasteiger partial charge in [0.05, 0.1) is 22.5 Å². The van der Waals surface area contributed by atoms with Gasteiger partial charge in [-0.05, 0) is 56.2 Å². The third kappa shape index (κ3) is 6.40. The van der Waals surface area contributed by atoms with Crippen LogP contribution in [-0.4, -0.2) is 50.0 Å². The Balaban J connectivity index is 1.55. The lowest BCUT2D eigenvalue weighted by Gasteiger charge is -2.11. The molecule has 2 amide bonds. The first-order valence-electron chi connectivity index (χ1n) is 12.3. The lowest BCUT2D eigenvalue weighted by atomic mass is 10.1. The van der Waals surface area contributed by atoms with Crippen molar-refractivity contribution in [3.05, 3.63) is 68.3 Å². The van der Waals surface area contributed by atoms with Gasteiger partial charge in [0.1, 0.15) is 5.00 Å². The van der Waals surface area contributed by atoms with Crippen molar-refractivity contribution in [1.82, 2.24) is 15.3 Å². The van der Waals surface area contributed by atoms with Gasteiger partial charge in [-0.15, -0.1) is 11.3 Å². The summed E-state index contributed by atoms with van der Waals surface area (Å²) in [6.07, 6.45) is 4.30. The number of nitrogens with one attached hydrogen (secondary N) is 2. The highest BCUT2D eigenvalue weighted by molar-refractivity contribution is 7.90. The molecular weight excluding hydrogens is 548 g/mol. The molecule has 0 saturated heterocycles. The smallest absolute Gasteiger partial charge is 0.276 e. The van der Waals surface area contributed by atoms with Crippen LogP contribution >= 0.6 is 22.9 Å². The van der Waals surface area contributed by atoms with Gasteiger partial charge >= 0.3 is 0 Å². The van der Waals surface area contributed by atoms with E-state index >= 15 is 0 Å². The number of sulfone groups is 1. The summed E-state index contributed by atoms with van der Waals surface area (Å²) >= 11 is 7.56. The molecule has 0 atom stereocenters. The lowest BCUT2D eigenvalue weighted by Crippen LogP contribution is -2.27. The van der Waals surface area contributed by atoms with Crippen molar-refractivity contribution >= 4 is 49.6 Å². The number of benzene rings is 1. The Labute approximate surface area is 230 Å². The number of fused-ring (bicyclic) bond motifs is 1. The number of halogens is 1. The molecule has 3 aromatic rings. The molecular formula is C26H29ClN4O5S2. The van der Waals surface area contributed by atoms with E-state index in [2.05, 4.69) is 20.6 Å². The van der Waals surface area contributed by atoms with Crippen molar-refractivity contribution < 1.29 is 22.7 Å². The largest absolute Gasteiger partial charge is 0.382 e. The van der Waals surface area contributed by atoms with Gasteiger partial charge in [-0.1, -0.05) is 35.9 Å². The van der Waals surface area contributed by atoms with Gasteiger partial charge in [-0.3, -0.25) is 9.59 Å². The number of rotatable bonds is 11. The first-order chi connectivity index (χ1) is 18.2. The van der Waals surface area contributed by atoms with Crippen molar-refractivity contribution in [1.29, 1.82) is 0 Å². The van der Waals surface area contributed by atoms with Crippen LogP contribution in [-0.2, 0) is 33.2 Å². The van der Waals surface area contributed by atoms with Crippen LogP contribution in [0.5, 0.6) is 0 Å². The van der Waals surface area contributed by atoms with Crippen LogP contribution < -0.4 is 10.6 Å². The standard InChI is InChI=1S/C26H29ClN4O5S2/c1-3-36-13-7-12-28-23(32)21-18-10-6-11-20(18)37-25(21)31-24(33)22-19(27)14-29-26(30-22)38(34,35)15-17-9-5-4-8-16(17)2/h4-5,8-9,14H,3,6-7,10-13,15H2,1-2H3,(H,28,32)(H,31,33). The Hall–Kier alpha value is -2.86. The van der Waals surface area contributed by atoms with Crippen molar-refractivity contribution in [2.75, 3.05) is 25.1 Å². The summed E-state index contributed by atoms with van der Waals surface area (Å²) in [6.45, 7) is 5.33. The monoisotopic (exact) mass is 576 g/mol. The zero-order valence-electron chi connectivity index (χ0n) is 21.2. The third-order valence-corrected chi connectivity index (χ3v) is 9.08. The van der Waals surface area contributed by atoms with E-state index in [1.54, 1.807) is 12.1 Å². The molecule has 0 aliphatic heterocycles. The number of amides is 2. The van der Waals surface area contributed by atoms with Crippen LogP contribution in [0.25, 0.3) is 0 Å². The maximum absolute atomic E-state index is 13.2. The van der Waals surface area contributed by atoms with Crippen LogP contribution in [0.2, 0.25) is 5.02 Å². The molecule has 0 saturated carbocycles. The number of anilines is 1. The second-order valence-corrected chi connectivity index (χ2v) is 12.3. The van der Waals surface area contributed by atoms with Crippen molar-refractivity contribution in [3.63, 3.8) is 0 Å².